The minimum atomic E-state index is -0.262. The summed E-state index contributed by atoms with van der Waals surface area (Å²) in [6.45, 7) is 3.04. The molecule has 0 saturated carbocycles. The molecule has 3 aliphatic rings. The quantitative estimate of drug-likeness (QED) is 0.667. The molecule has 7 heteroatoms. The maximum absolute atomic E-state index is 13.1. The van der Waals surface area contributed by atoms with Crippen LogP contribution in [0.1, 0.15) is 18.4 Å². The molecule has 2 bridgehead atoms. The Balaban J connectivity index is 1.18. The van der Waals surface area contributed by atoms with E-state index in [1.165, 1.54) is 12.1 Å². The van der Waals surface area contributed by atoms with Crippen LogP contribution in [0.3, 0.4) is 0 Å². The number of halogens is 1. The molecule has 3 saturated heterocycles. The van der Waals surface area contributed by atoms with Crippen molar-refractivity contribution in [3.63, 3.8) is 0 Å². The van der Waals surface area contributed by atoms with Crippen molar-refractivity contribution in [1.82, 2.24) is 25.2 Å². The number of aromatic nitrogens is 3. The smallest absolute Gasteiger partial charge is 0.224 e. The van der Waals surface area contributed by atoms with Gasteiger partial charge in [-0.1, -0.05) is 47.7 Å². The molecule has 1 amide bonds. The Bertz CT molecular complexity index is 1040. The standard InChI is InChI=1S/C24H26FN5O/c25-20-8-6-17(7-9-20)13-26-24(31)22-15-29-11-10-19(22)12-21(29)14-30-16-23(27-28-30)18-4-2-1-3-5-18/h1-9,16,19,21-22H,10-15H2,(H,26,31)/t19?,21-,22+/m1/s1. The molecule has 6 rings (SSSR count). The van der Waals surface area contributed by atoms with Crippen LogP contribution >= 0.6 is 0 Å². The molecular formula is C24H26FN5O. The zero-order valence-electron chi connectivity index (χ0n) is 17.3. The van der Waals surface area contributed by atoms with Crippen LogP contribution in [-0.2, 0) is 17.9 Å². The topological polar surface area (TPSA) is 63.1 Å². The van der Waals surface area contributed by atoms with E-state index in [-0.39, 0.29) is 17.6 Å². The third-order valence-electron chi connectivity index (χ3n) is 6.60. The molecule has 1 N–H and O–H groups in total. The van der Waals surface area contributed by atoms with Crippen molar-refractivity contribution in [2.45, 2.75) is 32.0 Å². The molecular weight excluding hydrogens is 393 g/mol. The van der Waals surface area contributed by atoms with E-state index in [0.29, 0.717) is 18.5 Å². The van der Waals surface area contributed by atoms with E-state index < -0.39 is 0 Å². The van der Waals surface area contributed by atoms with Crippen molar-refractivity contribution in [3.8, 4) is 11.3 Å². The summed E-state index contributed by atoms with van der Waals surface area (Å²) in [6.07, 6.45) is 4.05. The Morgan fingerprint density at radius 3 is 2.68 bits per heavy atom. The van der Waals surface area contributed by atoms with Crippen molar-refractivity contribution in [1.29, 1.82) is 0 Å². The fraction of sp³-hybridized carbons (Fsp3) is 0.375. The SMILES string of the molecule is O=C(NCc1ccc(F)cc1)[C@H]1CN2CCC1C[C@@H]2Cn1cc(-c2ccccc2)nn1. The van der Waals surface area contributed by atoms with Gasteiger partial charge in [0.1, 0.15) is 11.5 Å². The first kappa shape index (κ1) is 19.9. The molecule has 0 aliphatic carbocycles. The molecule has 6 nitrogen and oxygen atoms in total. The molecule has 3 aliphatic heterocycles. The van der Waals surface area contributed by atoms with Gasteiger partial charge in [-0.05, 0) is 43.0 Å². The summed E-state index contributed by atoms with van der Waals surface area (Å²) in [4.78, 5) is 15.2. The Kier molecular flexibility index (Phi) is 5.51. The Labute approximate surface area is 181 Å². The van der Waals surface area contributed by atoms with Gasteiger partial charge in [-0.25, -0.2) is 4.39 Å². The van der Waals surface area contributed by atoms with Crippen molar-refractivity contribution >= 4 is 5.91 Å². The molecule has 1 aromatic heterocycles. The number of hydrogen-bond donors (Lipinski definition) is 1. The molecule has 3 fully saturated rings. The number of nitrogens with one attached hydrogen (secondary N) is 1. The van der Waals surface area contributed by atoms with E-state index in [1.54, 1.807) is 12.1 Å². The summed E-state index contributed by atoms with van der Waals surface area (Å²) in [6, 6.07) is 16.7. The van der Waals surface area contributed by atoms with Crippen LogP contribution in [-0.4, -0.2) is 44.9 Å². The van der Waals surface area contributed by atoms with Gasteiger partial charge in [0.25, 0.3) is 0 Å². The number of hydrogen-bond acceptors (Lipinski definition) is 4. The predicted octanol–water partition coefficient (Wildman–Crippen LogP) is 3.11. The second kappa shape index (κ2) is 8.59. The molecule has 4 atom stereocenters. The second-order valence-corrected chi connectivity index (χ2v) is 8.58. The van der Waals surface area contributed by atoms with Gasteiger partial charge in [0.05, 0.1) is 18.7 Å². The van der Waals surface area contributed by atoms with Gasteiger partial charge in [-0.15, -0.1) is 5.10 Å². The zero-order valence-corrected chi connectivity index (χ0v) is 17.3. The summed E-state index contributed by atoms with van der Waals surface area (Å²) in [5, 5.41) is 11.7. The Morgan fingerprint density at radius 1 is 1.13 bits per heavy atom. The number of piperidine rings is 3. The molecule has 2 unspecified atom stereocenters. The first-order valence-electron chi connectivity index (χ1n) is 10.9. The van der Waals surface area contributed by atoms with Crippen molar-refractivity contribution in [2.24, 2.45) is 11.8 Å². The van der Waals surface area contributed by atoms with E-state index in [1.807, 2.05) is 41.2 Å². The number of benzene rings is 2. The number of carbonyl (C=O) groups excluding carboxylic acids is 1. The number of amides is 1. The lowest BCUT2D eigenvalue weighted by molar-refractivity contribution is -0.133. The molecule has 2 aromatic carbocycles. The lowest BCUT2D eigenvalue weighted by Crippen LogP contribution is -2.57. The third-order valence-corrected chi connectivity index (χ3v) is 6.60. The summed E-state index contributed by atoms with van der Waals surface area (Å²) >= 11 is 0. The number of rotatable bonds is 6. The maximum Gasteiger partial charge on any atom is 0.224 e. The van der Waals surface area contributed by atoms with Crippen molar-refractivity contribution in [2.75, 3.05) is 13.1 Å². The Morgan fingerprint density at radius 2 is 1.94 bits per heavy atom. The van der Waals surface area contributed by atoms with Crippen LogP contribution in [0.5, 0.6) is 0 Å². The highest BCUT2D eigenvalue weighted by Gasteiger charge is 2.43. The van der Waals surface area contributed by atoms with Crippen LogP contribution in [0.15, 0.2) is 60.8 Å². The summed E-state index contributed by atoms with van der Waals surface area (Å²) < 4.78 is 15.0. The molecule has 4 heterocycles. The number of carbonyl (C=O) groups is 1. The molecule has 0 spiro atoms. The summed E-state index contributed by atoms with van der Waals surface area (Å²) in [7, 11) is 0. The van der Waals surface area contributed by atoms with Crippen molar-refractivity contribution < 1.29 is 9.18 Å². The van der Waals surface area contributed by atoms with Gasteiger partial charge in [0, 0.05) is 24.7 Å². The molecule has 31 heavy (non-hydrogen) atoms. The van der Waals surface area contributed by atoms with Crippen LogP contribution in [0.25, 0.3) is 11.3 Å². The fourth-order valence-corrected chi connectivity index (χ4v) is 4.89. The second-order valence-electron chi connectivity index (χ2n) is 8.58. The minimum Gasteiger partial charge on any atom is -0.352 e. The highest BCUT2D eigenvalue weighted by atomic mass is 19.1. The van der Waals surface area contributed by atoms with Gasteiger partial charge in [0.2, 0.25) is 5.91 Å². The van der Waals surface area contributed by atoms with Crippen LogP contribution in [0.4, 0.5) is 4.39 Å². The van der Waals surface area contributed by atoms with Crippen LogP contribution < -0.4 is 5.32 Å². The van der Waals surface area contributed by atoms with E-state index in [9.17, 15) is 9.18 Å². The summed E-state index contributed by atoms with van der Waals surface area (Å²) in [5.41, 5.74) is 2.86. The first-order valence-corrected chi connectivity index (χ1v) is 10.9. The largest absolute Gasteiger partial charge is 0.352 e. The van der Waals surface area contributed by atoms with E-state index >= 15 is 0 Å². The average Bonchev–Trinajstić information content (AvgIpc) is 3.28. The van der Waals surface area contributed by atoms with Gasteiger partial charge in [0.15, 0.2) is 0 Å². The monoisotopic (exact) mass is 419 g/mol. The fourth-order valence-electron chi connectivity index (χ4n) is 4.89. The van der Waals surface area contributed by atoms with Gasteiger partial charge >= 0.3 is 0 Å². The number of nitrogens with zero attached hydrogens (tertiary/aromatic N) is 4. The average molecular weight is 420 g/mol. The normalized spacial score (nSPS) is 24.8. The third kappa shape index (κ3) is 4.37. The van der Waals surface area contributed by atoms with E-state index in [4.69, 9.17) is 0 Å². The first-order chi connectivity index (χ1) is 15.2. The summed E-state index contributed by atoms with van der Waals surface area (Å²) in [5.74, 6) is 0.243. The van der Waals surface area contributed by atoms with E-state index in [0.717, 1.165) is 49.3 Å². The van der Waals surface area contributed by atoms with Crippen molar-refractivity contribution in [3.05, 3.63) is 72.2 Å². The zero-order chi connectivity index (χ0) is 21.2. The predicted molar refractivity (Wildman–Crippen MR) is 115 cm³/mol. The molecule has 3 aromatic rings. The van der Waals surface area contributed by atoms with E-state index in [2.05, 4.69) is 20.5 Å². The van der Waals surface area contributed by atoms with Gasteiger partial charge in [-0.2, -0.15) is 0 Å². The Hall–Kier alpha value is -3.06. The van der Waals surface area contributed by atoms with Crippen LogP contribution in [0.2, 0.25) is 0 Å². The minimum absolute atomic E-state index is 0.0149. The highest BCUT2D eigenvalue weighted by Crippen LogP contribution is 2.37. The maximum atomic E-state index is 13.1. The van der Waals surface area contributed by atoms with Crippen LogP contribution in [0, 0.1) is 17.7 Å². The number of fused-ring (bicyclic) bond motifs is 3. The highest BCUT2D eigenvalue weighted by molar-refractivity contribution is 5.79. The molecule has 160 valence electrons. The van der Waals surface area contributed by atoms with Gasteiger partial charge < -0.3 is 5.32 Å². The molecule has 0 radical (unpaired) electrons. The van der Waals surface area contributed by atoms with Gasteiger partial charge in [-0.3, -0.25) is 14.4 Å². The lowest BCUT2D eigenvalue weighted by atomic mass is 9.75. The lowest BCUT2D eigenvalue weighted by Gasteiger charge is -2.49.